The van der Waals surface area contributed by atoms with Crippen molar-refractivity contribution in [2.75, 3.05) is 19.7 Å². The van der Waals surface area contributed by atoms with Crippen molar-refractivity contribution < 1.29 is 4.74 Å². The van der Waals surface area contributed by atoms with E-state index in [1.165, 1.54) is 0 Å². The number of nitrogens with one attached hydrogen (secondary N) is 1. The average molecular weight is 204 g/mol. The fourth-order valence-electron chi connectivity index (χ4n) is 1.77. The Morgan fingerprint density at radius 2 is 2.53 bits per heavy atom. The first-order valence-electron chi connectivity index (χ1n) is 5.05. The Morgan fingerprint density at radius 3 is 3.40 bits per heavy atom. The zero-order valence-corrected chi connectivity index (χ0v) is 8.26. The molecule has 3 rings (SSSR count). The van der Waals surface area contributed by atoms with E-state index in [0.717, 1.165) is 30.9 Å². The molecule has 0 radical (unpaired) electrons. The van der Waals surface area contributed by atoms with Gasteiger partial charge in [-0.3, -0.25) is 0 Å². The molecule has 5 nitrogen and oxygen atoms in total. The zero-order valence-electron chi connectivity index (χ0n) is 8.26. The van der Waals surface area contributed by atoms with Crippen LogP contribution in [0.5, 0.6) is 0 Å². The average Bonchev–Trinajstić information content (AvgIpc) is 2.77. The minimum absolute atomic E-state index is 0.0971. The maximum Gasteiger partial charge on any atom is 0.154 e. The minimum Gasteiger partial charge on any atom is -0.371 e. The molecule has 5 heteroatoms. The summed E-state index contributed by atoms with van der Waals surface area (Å²) in [5, 5.41) is 7.45. The van der Waals surface area contributed by atoms with Gasteiger partial charge in [-0.15, -0.1) is 0 Å². The number of ether oxygens (including phenoxy) is 1. The summed E-state index contributed by atoms with van der Waals surface area (Å²) < 4.78 is 7.42. The van der Waals surface area contributed by atoms with Gasteiger partial charge in [0.2, 0.25) is 0 Å². The number of nitrogens with zero attached hydrogens (tertiary/aromatic N) is 3. The van der Waals surface area contributed by atoms with Crippen LogP contribution in [0.3, 0.4) is 0 Å². The van der Waals surface area contributed by atoms with Crippen molar-refractivity contribution in [1.29, 1.82) is 0 Å². The van der Waals surface area contributed by atoms with Crippen LogP contribution in [0.1, 0.15) is 11.7 Å². The molecule has 2 aromatic rings. The van der Waals surface area contributed by atoms with Gasteiger partial charge in [0.25, 0.3) is 0 Å². The normalized spacial score (nSPS) is 22.0. The first kappa shape index (κ1) is 8.82. The van der Waals surface area contributed by atoms with Crippen LogP contribution in [0.4, 0.5) is 0 Å². The van der Waals surface area contributed by atoms with Gasteiger partial charge in [0.05, 0.1) is 18.9 Å². The largest absolute Gasteiger partial charge is 0.371 e. The van der Waals surface area contributed by atoms with Crippen LogP contribution in [0, 0.1) is 0 Å². The number of morpholine rings is 1. The SMILES string of the molecule is c1cc2ncc(C3CNCCO3)cn2n1. The van der Waals surface area contributed by atoms with Crippen molar-refractivity contribution in [2.24, 2.45) is 0 Å². The molecule has 0 bridgehead atoms. The smallest absolute Gasteiger partial charge is 0.154 e. The van der Waals surface area contributed by atoms with E-state index in [4.69, 9.17) is 4.74 Å². The first-order chi connectivity index (χ1) is 7.43. The first-order valence-corrected chi connectivity index (χ1v) is 5.05. The van der Waals surface area contributed by atoms with Gasteiger partial charge in [0.1, 0.15) is 0 Å². The van der Waals surface area contributed by atoms with Gasteiger partial charge >= 0.3 is 0 Å². The highest BCUT2D eigenvalue weighted by Crippen LogP contribution is 2.17. The summed E-state index contributed by atoms with van der Waals surface area (Å²) in [6, 6.07) is 1.88. The molecule has 0 aromatic carbocycles. The fraction of sp³-hybridized carbons (Fsp3) is 0.400. The monoisotopic (exact) mass is 204 g/mol. The lowest BCUT2D eigenvalue weighted by molar-refractivity contribution is 0.0272. The lowest BCUT2D eigenvalue weighted by Crippen LogP contribution is -2.33. The van der Waals surface area contributed by atoms with E-state index in [-0.39, 0.29) is 6.10 Å². The molecular formula is C10H12N4O. The highest BCUT2D eigenvalue weighted by Gasteiger charge is 2.16. The molecule has 1 fully saturated rings. The van der Waals surface area contributed by atoms with E-state index >= 15 is 0 Å². The Morgan fingerprint density at radius 1 is 1.53 bits per heavy atom. The summed E-state index contributed by atoms with van der Waals surface area (Å²) in [6.07, 6.45) is 5.67. The van der Waals surface area contributed by atoms with Crippen molar-refractivity contribution in [3.8, 4) is 0 Å². The Balaban J connectivity index is 1.95. The van der Waals surface area contributed by atoms with E-state index < -0.39 is 0 Å². The Kier molecular flexibility index (Phi) is 2.12. The Hall–Kier alpha value is -1.46. The third-order valence-electron chi connectivity index (χ3n) is 2.57. The van der Waals surface area contributed by atoms with Gasteiger partial charge in [-0.05, 0) is 0 Å². The van der Waals surface area contributed by atoms with Crippen LogP contribution in [-0.4, -0.2) is 34.3 Å². The number of hydrogen-bond acceptors (Lipinski definition) is 4. The maximum atomic E-state index is 5.65. The lowest BCUT2D eigenvalue weighted by Gasteiger charge is -2.23. The van der Waals surface area contributed by atoms with E-state index in [1.54, 1.807) is 10.7 Å². The van der Waals surface area contributed by atoms with Crippen molar-refractivity contribution in [3.63, 3.8) is 0 Å². The molecule has 1 aliphatic rings. The quantitative estimate of drug-likeness (QED) is 0.730. The predicted molar refractivity (Wildman–Crippen MR) is 54.5 cm³/mol. The van der Waals surface area contributed by atoms with Crippen molar-refractivity contribution in [1.82, 2.24) is 19.9 Å². The molecule has 1 saturated heterocycles. The van der Waals surface area contributed by atoms with Crippen LogP contribution in [0.25, 0.3) is 5.65 Å². The van der Waals surface area contributed by atoms with E-state index in [2.05, 4.69) is 15.4 Å². The van der Waals surface area contributed by atoms with Crippen molar-refractivity contribution >= 4 is 5.65 Å². The second-order valence-electron chi connectivity index (χ2n) is 3.58. The highest BCUT2D eigenvalue weighted by molar-refractivity contribution is 5.36. The van der Waals surface area contributed by atoms with Crippen molar-refractivity contribution in [2.45, 2.75) is 6.10 Å². The third kappa shape index (κ3) is 1.60. The number of rotatable bonds is 1. The summed E-state index contributed by atoms with van der Waals surface area (Å²) in [6.45, 7) is 2.52. The number of fused-ring (bicyclic) bond motifs is 1. The summed E-state index contributed by atoms with van der Waals surface area (Å²) in [5.41, 5.74) is 1.93. The molecule has 0 amide bonds. The molecule has 0 aliphatic carbocycles. The third-order valence-corrected chi connectivity index (χ3v) is 2.57. The van der Waals surface area contributed by atoms with Crippen LogP contribution >= 0.6 is 0 Å². The molecule has 1 unspecified atom stereocenters. The van der Waals surface area contributed by atoms with E-state index in [1.807, 2.05) is 18.5 Å². The summed E-state index contributed by atoms with van der Waals surface area (Å²) in [7, 11) is 0. The zero-order chi connectivity index (χ0) is 10.1. The van der Waals surface area contributed by atoms with Crippen LogP contribution in [-0.2, 0) is 4.74 Å². The molecule has 1 aliphatic heterocycles. The predicted octanol–water partition coefficient (Wildman–Crippen LogP) is 0.390. The van der Waals surface area contributed by atoms with Gasteiger partial charge in [-0.2, -0.15) is 5.10 Å². The maximum absolute atomic E-state index is 5.65. The summed E-state index contributed by atoms with van der Waals surface area (Å²) in [4.78, 5) is 4.31. The van der Waals surface area contributed by atoms with Gasteiger partial charge in [0.15, 0.2) is 5.65 Å². The molecular weight excluding hydrogens is 192 g/mol. The summed E-state index contributed by atoms with van der Waals surface area (Å²) in [5.74, 6) is 0. The van der Waals surface area contributed by atoms with Gasteiger partial charge in [-0.1, -0.05) is 0 Å². The molecule has 0 spiro atoms. The Labute approximate surface area is 87.1 Å². The minimum atomic E-state index is 0.0971. The lowest BCUT2D eigenvalue weighted by atomic mass is 10.2. The van der Waals surface area contributed by atoms with Crippen molar-refractivity contribution in [3.05, 3.63) is 30.2 Å². The topological polar surface area (TPSA) is 51.5 Å². The van der Waals surface area contributed by atoms with Crippen LogP contribution in [0.2, 0.25) is 0 Å². The van der Waals surface area contributed by atoms with Gasteiger partial charge in [0, 0.05) is 37.1 Å². The molecule has 2 aromatic heterocycles. The van der Waals surface area contributed by atoms with E-state index in [9.17, 15) is 0 Å². The van der Waals surface area contributed by atoms with Crippen LogP contribution in [0.15, 0.2) is 24.7 Å². The van der Waals surface area contributed by atoms with Crippen LogP contribution < -0.4 is 5.32 Å². The molecule has 1 atom stereocenters. The number of hydrogen-bond donors (Lipinski definition) is 1. The van der Waals surface area contributed by atoms with Gasteiger partial charge in [-0.25, -0.2) is 9.50 Å². The molecule has 3 heterocycles. The second-order valence-corrected chi connectivity index (χ2v) is 3.58. The highest BCUT2D eigenvalue weighted by atomic mass is 16.5. The number of aromatic nitrogens is 3. The summed E-state index contributed by atoms with van der Waals surface area (Å²) >= 11 is 0. The molecule has 0 saturated carbocycles. The fourth-order valence-corrected chi connectivity index (χ4v) is 1.77. The second kappa shape index (κ2) is 3.60. The van der Waals surface area contributed by atoms with E-state index in [0.29, 0.717) is 0 Å². The Bertz CT molecular complexity index is 461. The van der Waals surface area contributed by atoms with Gasteiger partial charge < -0.3 is 10.1 Å². The molecule has 1 N–H and O–H groups in total. The molecule has 78 valence electrons. The standard InChI is InChI=1S/C10H12N4O/c1-2-13-14-7-8(5-12-10(1)14)9-6-11-3-4-15-9/h1-2,5,7,9,11H,3-4,6H2. The molecule has 15 heavy (non-hydrogen) atoms.